The van der Waals surface area contributed by atoms with Crippen molar-refractivity contribution in [2.45, 2.75) is 19.3 Å². The number of amides is 1. The van der Waals surface area contributed by atoms with Gasteiger partial charge in [0, 0.05) is 30.1 Å². The first kappa shape index (κ1) is 16.9. The van der Waals surface area contributed by atoms with E-state index in [-0.39, 0.29) is 23.7 Å². The average Bonchev–Trinajstić information content (AvgIpc) is 3.43. The molecule has 1 aliphatic carbocycles. The van der Waals surface area contributed by atoms with E-state index in [0.717, 1.165) is 23.2 Å². The van der Waals surface area contributed by atoms with E-state index < -0.39 is 0 Å². The molecule has 1 N–H and O–H groups in total. The number of anilines is 1. The number of esters is 1. The normalized spacial score (nSPS) is 18.8. The van der Waals surface area contributed by atoms with E-state index in [1.165, 1.54) is 6.08 Å². The molecule has 1 aromatic carbocycles. The van der Waals surface area contributed by atoms with Crippen molar-refractivity contribution in [3.63, 3.8) is 0 Å². The highest BCUT2D eigenvalue weighted by atomic mass is 16.5. The van der Waals surface area contributed by atoms with Crippen molar-refractivity contribution in [1.29, 1.82) is 0 Å². The van der Waals surface area contributed by atoms with Crippen molar-refractivity contribution in [1.82, 2.24) is 4.98 Å². The fourth-order valence-electron chi connectivity index (χ4n) is 2.73. The predicted octanol–water partition coefficient (Wildman–Crippen LogP) is 3.40. The molecular formula is C20H20N2O3. The zero-order valence-electron chi connectivity index (χ0n) is 14.0. The third-order valence-corrected chi connectivity index (χ3v) is 4.14. The Labute approximate surface area is 146 Å². The number of nitrogens with zero attached hydrogens (tertiary/aromatic N) is 1. The number of aromatic nitrogens is 1. The van der Waals surface area contributed by atoms with Gasteiger partial charge < -0.3 is 10.1 Å². The van der Waals surface area contributed by atoms with E-state index in [0.29, 0.717) is 6.61 Å². The molecule has 1 aromatic heterocycles. The summed E-state index contributed by atoms with van der Waals surface area (Å²) in [6, 6.07) is 11.3. The Hall–Kier alpha value is -2.95. The van der Waals surface area contributed by atoms with Gasteiger partial charge in [0.05, 0.1) is 6.61 Å². The Morgan fingerprint density at radius 3 is 2.60 bits per heavy atom. The number of pyridine rings is 1. The van der Waals surface area contributed by atoms with Gasteiger partial charge in [0.2, 0.25) is 5.91 Å². The van der Waals surface area contributed by atoms with Crippen LogP contribution in [0.2, 0.25) is 0 Å². The van der Waals surface area contributed by atoms with Crippen molar-refractivity contribution in [2.24, 2.45) is 5.92 Å². The van der Waals surface area contributed by atoms with Crippen molar-refractivity contribution in [3.8, 4) is 0 Å². The molecule has 0 unspecified atom stereocenters. The summed E-state index contributed by atoms with van der Waals surface area (Å²) >= 11 is 0. The Morgan fingerprint density at radius 2 is 1.92 bits per heavy atom. The second-order valence-electron chi connectivity index (χ2n) is 5.93. The van der Waals surface area contributed by atoms with Crippen LogP contribution in [-0.2, 0) is 14.3 Å². The molecule has 1 heterocycles. The Balaban J connectivity index is 1.54. The number of carbonyl (C=O) groups excluding carboxylic acids is 2. The highest BCUT2D eigenvalue weighted by Crippen LogP contribution is 2.47. The average molecular weight is 336 g/mol. The maximum Gasteiger partial charge on any atom is 0.330 e. The molecule has 0 spiro atoms. The van der Waals surface area contributed by atoms with Crippen LogP contribution in [-0.4, -0.2) is 23.5 Å². The largest absolute Gasteiger partial charge is 0.463 e. The molecular weight excluding hydrogens is 316 g/mol. The topological polar surface area (TPSA) is 68.3 Å². The number of nitrogens with one attached hydrogen (secondary N) is 1. The minimum absolute atomic E-state index is 0.0192. The third-order valence-electron chi connectivity index (χ3n) is 4.14. The van der Waals surface area contributed by atoms with E-state index in [4.69, 9.17) is 4.74 Å². The molecule has 1 fully saturated rings. The van der Waals surface area contributed by atoms with E-state index in [1.807, 2.05) is 36.4 Å². The SMILES string of the molecule is CCOC(=O)/C=C\c1ccc(NC(=O)[C@@H]2C[C@H]2c2ccncc2)cc1. The molecule has 1 aliphatic rings. The summed E-state index contributed by atoms with van der Waals surface area (Å²) in [6.07, 6.45) is 7.46. The van der Waals surface area contributed by atoms with Gasteiger partial charge in [-0.3, -0.25) is 9.78 Å². The number of rotatable bonds is 6. The number of carbonyl (C=O) groups is 2. The fourth-order valence-corrected chi connectivity index (χ4v) is 2.73. The lowest BCUT2D eigenvalue weighted by Gasteiger charge is -2.05. The minimum atomic E-state index is -0.365. The van der Waals surface area contributed by atoms with Crippen LogP contribution in [0.25, 0.3) is 6.08 Å². The fraction of sp³-hybridized carbons (Fsp3) is 0.250. The van der Waals surface area contributed by atoms with Crippen molar-refractivity contribution < 1.29 is 14.3 Å². The number of hydrogen-bond donors (Lipinski definition) is 1. The van der Waals surface area contributed by atoms with Crippen LogP contribution < -0.4 is 5.32 Å². The zero-order valence-corrected chi connectivity index (χ0v) is 14.0. The summed E-state index contributed by atoms with van der Waals surface area (Å²) in [7, 11) is 0. The summed E-state index contributed by atoms with van der Waals surface area (Å²) < 4.78 is 4.83. The Morgan fingerprint density at radius 1 is 1.20 bits per heavy atom. The first-order valence-corrected chi connectivity index (χ1v) is 8.33. The van der Waals surface area contributed by atoms with Gasteiger partial charge >= 0.3 is 5.97 Å². The third kappa shape index (κ3) is 4.53. The lowest BCUT2D eigenvalue weighted by Crippen LogP contribution is -2.14. The second kappa shape index (κ2) is 7.75. The summed E-state index contributed by atoms with van der Waals surface area (Å²) in [4.78, 5) is 27.6. The molecule has 0 bridgehead atoms. The molecule has 0 aliphatic heterocycles. The Bertz CT molecular complexity index is 769. The van der Waals surface area contributed by atoms with Gasteiger partial charge in [0.1, 0.15) is 0 Å². The van der Waals surface area contributed by atoms with Crippen LogP contribution in [0.4, 0.5) is 5.69 Å². The molecule has 1 saturated carbocycles. The first-order chi connectivity index (χ1) is 12.2. The molecule has 0 saturated heterocycles. The second-order valence-corrected chi connectivity index (χ2v) is 5.93. The molecule has 5 heteroatoms. The van der Waals surface area contributed by atoms with Gasteiger partial charge in [-0.25, -0.2) is 4.79 Å². The van der Waals surface area contributed by atoms with Crippen molar-refractivity contribution in [3.05, 3.63) is 66.0 Å². The molecule has 2 aromatic rings. The summed E-state index contributed by atoms with van der Waals surface area (Å²) in [5.74, 6) is -0.0204. The molecule has 2 atom stereocenters. The highest BCUT2D eigenvalue weighted by molar-refractivity contribution is 5.95. The van der Waals surface area contributed by atoms with E-state index in [2.05, 4.69) is 10.3 Å². The van der Waals surface area contributed by atoms with E-state index in [1.54, 1.807) is 25.4 Å². The quantitative estimate of drug-likeness (QED) is 0.648. The van der Waals surface area contributed by atoms with Crippen molar-refractivity contribution >= 4 is 23.6 Å². The van der Waals surface area contributed by atoms with Gasteiger partial charge in [-0.2, -0.15) is 0 Å². The molecule has 5 nitrogen and oxygen atoms in total. The van der Waals surface area contributed by atoms with Gasteiger partial charge in [-0.05, 0) is 60.7 Å². The number of hydrogen-bond acceptors (Lipinski definition) is 4. The molecule has 25 heavy (non-hydrogen) atoms. The smallest absolute Gasteiger partial charge is 0.330 e. The number of ether oxygens (including phenoxy) is 1. The lowest BCUT2D eigenvalue weighted by atomic mass is 10.1. The van der Waals surface area contributed by atoms with E-state index in [9.17, 15) is 9.59 Å². The van der Waals surface area contributed by atoms with Crippen molar-refractivity contribution in [2.75, 3.05) is 11.9 Å². The van der Waals surface area contributed by atoms with Gasteiger partial charge in [0.25, 0.3) is 0 Å². The van der Waals surface area contributed by atoms with Gasteiger partial charge in [-0.15, -0.1) is 0 Å². The van der Waals surface area contributed by atoms with Crippen LogP contribution in [0.5, 0.6) is 0 Å². The van der Waals surface area contributed by atoms with Gasteiger partial charge in [-0.1, -0.05) is 12.1 Å². The minimum Gasteiger partial charge on any atom is -0.463 e. The summed E-state index contributed by atoms with van der Waals surface area (Å²) in [6.45, 7) is 2.12. The van der Waals surface area contributed by atoms with Crippen LogP contribution in [0, 0.1) is 5.92 Å². The summed E-state index contributed by atoms with van der Waals surface area (Å²) in [5, 5.41) is 2.95. The van der Waals surface area contributed by atoms with Crippen LogP contribution in [0.1, 0.15) is 30.4 Å². The van der Waals surface area contributed by atoms with Crippen LogP contribution in [0.3, 0.4) is 0 Å². The van der Waals surface area contributed by atoms with E-state index >= 15 is 0 Å². The molecule has 128 valence electrons. The predicted molar refractivity (Wildman–Crippen MR) is 95.8 cm³/mol. The summed E-state index contributed by atoms with van der Waals surface area (Å²) in [5.41, 5.74) is 2.78. The molecule has 3 rings (SSSR count). The monoisotopic (exact) mass is 336 g/mol. The van der Waals surface area contributed by atoms with Gasteiger partial charge in [0.15, 0.2) is 0 Å². The molecule has 1 amide bonds. The number of benzene rings is 1. The van der Waals surface area contributed by atoms with Crippen LogP contribution in [0.15, 0.2) is 54.9 Å². The molecule has 0 radical (unpaired) electrons. The highest BCUT2D eigenvalue weighted by Gasteiger charge is 2.43. The standard InChI is InChI=1S/C20H20N2O3/c1-2-25-19(23)8-5-14-3-6-16(7-4-14)22-20(24)18-13-17(18)15-9-11-21-12-10-15/h3-12,17-18H,2,13H2,1H3,(H,22,24)/b8-5-/t17-,18+/m0/s1. The maximum atomic E-state index is 12.3. The first-order valence-electron chi connectivity index (χ1n) is 8.33. The zero-order chi connectivity index (χ0) is 17.6. The lowest BCUT2D eigenvalue weighted by molar-refractivity contribution is -0.137. The van der Waals surface area contributed by atoms with Crippen LogP contribution >= 0.6 is 0 Å². The Kier molecular flexibility index (Phi) is 5.23. The maximum absolute atomic E-state index is 12.3.